The Morgan fingerprint density at radius 1 is 0.913 bits per heavy atom. The summed E-state index contributed by atoms with van der Waals surface area (Å²) in [6, 6.07) is 14.1. The van der Waals surface area contributed by atoms with Crippen molar-refractivity contribution in [1.82, 2.24) is 5.32 Å². The van der Waals surface area contributed by atoms with Crippen molar-refractivity contribution in [3.63, 3.8) is 0 Å². The second kappa shape index (κ2) is 8.93. The molecule has 23 heavy (non-hydrogen) atoms. The number of amides is 1. The number of fused-ring (bicyclic) bond motifs is 1. The van der Waals surface area contributed by atoms with Crippen molar-refractivity contribution < 1.29 is 14.7 Å². The van der Waals surface area contributed by atoms with Crippen LogP contribution in [0.15, 0.2) is 42.5 Å². The summed E-state index contributed by atoms with van der Waals surface area (Å²) < 4.78 is 0. The third-order valence-corrected chi connectivity index (χ3v) is 3.87. The first-order chi connectivity index (χ1) is 11.2. The molecule has 2 N–H and O–H groups in total. The quantitative estimate of drug-likeness (QED) is 0.696. The molecule has 2 rings (SSSR count). The Labute approximate surface area is 136 Å². The van der Waals surface area contributed by atoms with Crippen LogP contribution in [0.3, 0.4) is 0 Å². The number of carbonyl (C=O) groups is 2. The minimum atomic E-state index is -0.742. The van der Waals surface area contributed by atoms with Crippen LogP contribution in [0, 0.1) is 0 Å². The summed E-state index contributed by atoms with van der Waals surface area (Å²) in [5, 5.41) is 13.8. The number of carboxylic acid groups (broad SMARTS) is 1. The van der Waals surface area contributed by atoms with E-state index >= 15 is 0 Å². The zero-order valence-corrected chi connectivity index (χ0v) is 13.3. The molecule has 0 aliphatic carbocycles. The van der Waals surface area contributed by atoms with Gasteiger partial charge in [0.05, 0.1) is 6.42 Å². The molecule has 122 valence electrons. The lowest BCUT2D eigenvalue weighted by Crippen LogP contribution is -2.26. The van der Waals surface area contributed by atoms with Crippen LogP contribution in [-0.4, -0.2) is 23.5 Å². The van der Waals surface area contributed by atoms with Gasteiger partial charge < -0.3 is 10.4 Å². The molecule has 2 aromatic rings. The normalized spacial score (nSPS) is 10.6. The van der Waals surface area contributed by atoms with E-state index in [0.717, 1.165) is 35.6 Å². The van der Waals surface area contributed by atoms with Gasteiger partial charge in [0.25, 0.3) is 0 Å². The van der Waals surface area contributed by atoms with Gasteiger partial charge in [-0.1, -0.05) is 55.3 Å². The van der Waals surface area contributed by atoms with E-state index in [1.54, 1.807) is 0 Å². The molecule has 0 bridgehead atoms. The Bertz CT molecular complexity index is 661. The van der Waals surface area contributed by atoms with E-state index in [0.29, 0.717) is 19.4 Å². The average molecular weight is 313 g/mol. The van der Waals surface area contributed by atoms with E-state index in [4.69, 9.17) is 5.11 Å². The van der Waals surface area contributed by atoms with Crippen molar-refractivity contribution in [2.24, 2.45) is 0 Å². The number of carboxylic acids is 1. The zero-order chi connectivity index (χ0) is 16.5. The Kier molecular flexibility index (Phi) is 6.60. The molecule has 0 aliphatic rings. The van der Waals surface area contributed by atoms with Crippen LogP contribution in [0.1, 0.15) is 37.7 Å². The second-order valence-electron chi connectivity index (χ2n) is 5.72. The van der Waals surface area contributed by atoms with Crippen LogP contribution < -0.4 is 5.32 Å². The topological polar surface area (TPSA) is 66.4 Å². The average Bonchev–Trinajstić information content (AvgIpc) is 2.54. The van der Waals surface area contributed by atoms with E-state index < -0.39 is 5.97 Å². The van der Waals surface area contributed by atoms with Crippen LogP contribution in [0.4, 0.5) is 0 Å². The molecule has 4 nitrogen and oxygen atoms in total. The summed E-state index contributed by atoms with van der Waals surface area (Å²) in [5.74, 6) is -0.708. The van der Waals surface area contributed by atoms with Crippen LogP contribution in [0.2, 0.25) is 0 Å². The Morgan fingerprint density at radius 3 is 2.48 bits per heavy atom. The predicted octanol–water partition coefficient (Wildman–Crippen LogP) is 3.53. The lowest BCUT2D eigenvalue weighted by atomic mass is 10.0. The van der Waals surface area contributed by atoms with Crippen molar-refractivity contribution in [1.29, 1.82) is 0 Å². The highest BCUT2D eigenvalue weighted by atomic mass is 16.4. The van der Waals surface area contributed by atoms with E-state index in [2.05, 4.69) is 5.32 Å². The van der Waals surface area contributed by atoms with Gasteiger partial charge >= 0.3 is 5.97 Å². The minimum absolute atomic E-state index is 0.0342. The molecule has 0 saturated carbocycles. The van der Waals surface area contributed by atoms with Crippen molar-refractivity contribution >= 4 is 22.6 Å². The molecule has 1 amide bonds. The first kappa shape index (κ1) is 17.0. The monoisotopic (exact) mass is 313 g/mol. The highest BCUT2D eigenvalue weighted by Gasteiger charge is 2.06. The summed E-state index contributed by atoms with van der Waals surface area (Å²) in [6.45, 7) is 0.649. The molecule has 0 atom stereocenters. The van der Waals surface area contributed by atoms with Gasteiger partial charge in [-0.05, 0) is 29.2 Å². The van der Waals surface area contributed by atoms with Crippen LogP contribution >= 0.6 is 0 Å². The fourth-order valence-electron chi connectivity index (χ4n) is 2.66. The summed E-state index contributed by atoms with van der Waals surface area (Å²) in [6.07, 6.45) is 4.06. The lowest BCUT2D eigenvalue weighted by molar-refractivity contribution is -0.137. The molecule has 0 unspecified atom stereocenters. The summed E-state index contributed by atoms with van der Waals surface area (Å²) in [5.41, 5.74) is 1.04. The summed E-state index contributed by atoms with van der Waals surface area (Å²) in [7, 11) is 0. The molecule has 4 heteroatoms. The number of nitrogens with one attached hydrogen (secondary N) is 1. The molecule has 0 fully saturated rings. The molecule has 0 aliphatic heterocycles. The maximum Gasteiger partial charge on any atom is 0.303 e. The second-order valence-corrected chi connectivity index (χ2v) is 5.72. The minimum Gasteiger partial charge on any atom is -0.481 e. The van der Waals surface area contributed by atoms with Crippen molar-refractivity contribution in [3.8, 4) is 0 Å². The number of benzene rings is 2. The number of rotatable bonds is 9. The number of carbonyl (C=O) groups excluding carboxylic acids is 1. The van der Waals surface area contributed by atoms with E-state index in [1.165, 1.54) is 0 Å². The van der Waals surface area contributed by atoms with Crippen molar-refractivity contribution in [3.05, 3.63) is 48.0 Å². The van der Waals surface area contributed by atoms with Crippen LogP contribution in [0.5, 0.6) is 0 Å². The molecular formula is C19H23NO3. The fourth-order valence-corrected chi connectivity index (χ4v) is 2.66. The van der Waals surface area contributed by atoms with Gasteiger partial charge in [0.2, 0.25) is 5.91 Å². The molecule has 0 heterocycles. The van der Waals surface area contributed by atoms with Gasteiger partial charge in [0.15, 0.2) is 0 Å². The van der Waals surface area contributed by atoms with Crippen LogP contribution in [-0.2, 0) is 16.0 Å². The molecular weight excluding hydrogens is 290 g/mol. The first-order valence-electron chi connectivity index (χ1n) is 8.12. The molecule has 0 spiro atoms. The number of aliphatic carboxylic acids is 1. The summed E-state index contributed by atoms with van der Waals surface area (Å²) in [4.78, 5) is 22.4. The standard InChI is InChI=1S/C19H23NO3/c21-18(20-13-6-2-1-3-12-19(22)23)14-16-10-7-9-15-8-4-5-11-17(15)16/h4-5,7-11H,1-3,6,12-14H2,(H,20,21)(H,22,23). The Hall–Kier alpha value is -2.36. The molecule has 0 saturated heterocycles. The smallest absolute Gasteiger partial charge is 0.303 e. The first-order valence-corrected chi connectivity index (χ1v) is 8.12. The zero-order valence-electron chi connectivity index (χ0n) is 13.3. The SMILES string of the molecule is O=C(O)CCCCCCNC(=O)Cc1cccc2ccccc12. The Morgan fingerprint density at radius 2 is 1.65 bits per heavy atom. The number of hydrogen-bond donors (Lipinski definition) is 2. The Balaban J connectivity index is 1.71. The van der Waals surface area contributed by atoms with E-state index in [1.807, 2.05) is 42.5 Å². The third-order valence-electron chi connectivity index (χ3n) is 3.87. The highest BCUT2D eigenvalue weighted by Crippen LogP contribution is 2.18. The number of unbranched alkanes of at least 4 members (excludes halogenated alkanes) is 3. The maximum absolute atomic E-state index is 12.0. The van der Waals surface area contributed by atoms with Crippen molar-refractivity contribution in [2.45, 2.75) is 38.5 Å². The van der Waals surface area contributed by atoms with Crippen molar-refractivity contribution in [2.75, 3.05) is 6.54 Å². The highest BCUT2D eigenvalue weighted by molar-refractivity contribution is 5.90. The number of hydrogen-bond acceptors (Lipinski definition) is 2. The fraction of sp³-hybridized carbons (Fsp3) is 0.368. The van der Waals surface area contributed by atoms with Gasteiger partial charge in [-0.3, -0.25) is 9.59 Å². The van der Waals surface area contributed by atoms with Gasteiger partial charge in [0, 0.05) is 13.0 Å². The lowest BCUT2D eigenvalue weighted by Gasteiger charge is -2.08. The third kappa shape index (κ3) is 5.74. The van der Waals surface area contributed by atoms with Gasteiger partial charge in [-0.25, -0.2) is 0 Å². The summed E-state index contributed by atoms with van der Waals surface area (Å²) >= 11 is 0. The molecule has 2 aromatic carbocycles. The van der Waals surface area contributed by atoms with Gasteiger partial charge in [-0.15, -0.1) is 0 Å². The molecule has 0 radical (unpaired) electrons. The van der Waals surface area contributed by atoms with Gasteiger partial charge in [0.1, 0.15) is 0 Å². The largest absolute Gasteiger partial charge is 0.481 e. The molecule has 0 aromatic heterocycles. The predicted molar refractivity (Wildman–Crippen MR) is 91.4 cm³/mol. The van der Waals surface area contributed by atoms with E-state index in [-0.39, 0.29) is 12.3 Å². The van der Waals surface area contributed by atoms with Gasteiger partial charge in [-0.2, -0.15) is 0 Å². The van der Waals surface area contributed by atoms with E-state index in [9.17, 15) is 9.59 Å². The maximum atomic E-state index is 12.0. The van der Waals surface area contributed by atoms with Crippen LogP contribution in [0.25, 0.3) is 10.8 Å².